The van der Waals surface area contributed by atoms with Crippen molar-refractivity contribution >= 4 is 17.5 Å². The standard InChI is InChI=1S/C17H21ClN4O/c1-20-15(18)12-19-16(20)13-21-8-5-9-22(11-10-21)17(23)14-6-3-2-4-7-14/h2-4,6-7,12H,5,8-11,13H2,1H3. The highest BCUT2D eigenvalue weighted by atomic mass is 35.5. The van der Waals surface area contributed by atoms with Gasteiger partial charge in [-0.2, -0.15) is 0 Å². The number of hydrogen-bond acceptors (Lipinski definition) is 3. The summed E-state index contributed by atoms with van der Waals surface area (Å²) in [6.45, 7) is 4.11. The van der Waals surface area contributed by atoms with Crippen molar-refractivity contribution in [3.8, 4) is 0 Å². The van der Waals surface area contributed by atoms with Crippen LogP contribution in [0.15, 0.2) is 36.5 Å². The highest BCUT2D eigenvalue weighted by Crippen LogP contribution is 2.14. The number of carbonyl (C=O) groups is 1. The Hall–Kier alpha value is -1.85. The molecule has 0 bridgehead atoms. The van der Waals surface area contributed by atoms with Crippen molar-refractivity contribution in [3.05, 3.63) is 53.1 Å². The van der Waals surface area contributed by atoms with Gasteiger partial charge in [0.05, 0.1) is 12.7 Å². The SMILES string of the molecule is Cn1c(Cl)cnc1CN1CCCN(C(=O)c2ccccc2)CC1. The zero-order chi connectivity index (χ0) is 16.2. The molecule has 1 aliphatic rings. The van der Waals surface area contributed by atoms with Crippen molar-refractivity contribution in [2.75, 3.05) is 26.2 Å². The minimum Gasteiger partial charge on any atom is -0.337 e. The van der Waals surface area contributed by atoms with Gasteiger partial charge in [0, 0.05) is 38.8 Å². The van der Waals surface area contributed by atoms with Crippen LogP contribution in [0.2, 0.25) is 5.15 Å². The van der Waals surface area contributed by atoms with Gasteiger partial charge >= 0.3 is 0 Å². The molecule has 1 aliphatic heterocycles. The lowest BCUT2D eigenvalue weighted by atomic mass is 10.2. The first kappa shape index (κ1) is 16.0. The Morgan fingerprint density at radius 3 is 2.65 bits per heavy atom. The number of aromatic nitrogens is 2. The minimum absolute atomic E-state index is 0.118. The zero-order valence-corrected chi connectivity index (χ0v) is 14.0. The van der Waals surface area contributed by atoms with Crippen LogP contribution in [0.5, 0.6) is 0 Å². The van der Waals surface area contributed by atoms with Gasteiger partial charge in [-0.25, -0.2) is 4.98 Å². The number of imidazole rings is 1. The highest BCUT2D eigenvalue weighted by molar-refractivity contribution is 6.29. The Bertz CT molecular complexity index is 670. The van der Waals surface area contributed by atoms with Crippen LogP contribution in [0.4, 0.5) is 0 Å². The van der Waals surface area contributed by atoms with Crippen molar-refractivity contribution < 1.29 is 4.79 Å². The summed E-state index contributed by atoms with van der Waals surface area (Å²) in [5.41, 5.74) is 0.761. The summed E-state index contributed by atoms with van der Waals surface area (Å²) in [5.74, 6) is 1.07. The van der Waals surface area contributed by atoms with Gasteiger partial charge in [0.15, 0.2) is 0 Å². The molecular formula is C17H21ClN4O. The maximum absolute atomic E-state index is 12.5. The van der Waals surface area contributed by atoms with E-state index < -0.39 is 0 Å². The third kappa shape index (κ3) is 3.74. The number of benzene rings is 1. The van der Waals surface area contributed by atoms with E-state index in [4.69, 9.17) is 11.6 Å². The van der Waals surface area contributed by atoms with Crippen LogP contribution in [0.1, 0.15) is 22.6 Å². The fourth-order valence-electron chi connectivity index (χ4n) is 2.87. The van der Waals surface area contributed by atoms with Gasteiger partial charge in [0.2, 0.25) is 0 Å². The number of nitrogens with zero attached hydrogens (tertiary/aromatic N) is 4. The van der Waals surface area contributed by atoms with Crippen LogP contribution in [-0.2, 0) is 13.6 Å². The number of hydrogen-bond donors (Lipinski definition) is 0. The lowest BCUT2D eigenvalue weighted by Crippen LogP contribution is -2.35. The Morgan fingerprint density at radius 1 is 1.17 bits per heavy atom. The third-order valence-electron chi connectivity index (χ3n) is 4.29. The molecule has 0 aliphatic carbocycles. The molecule has 1 amide bonds. The Labute approximate surface area is 141 Å². The van der Waals surface area contributed by atoms with Crippen molar-refractivity contribution in [1.82, 2.24) is 19.4 Å². The van der Waals surface area contributed by atoms with Crippen LogP contribution in [0.25, 0.3) is 0 Å². The maximum Gasteiger partial charge on any atom is 0.253 e. The molecule has 5 nitrogen and oxygen atoms in total. The van der Waals surface area contributed by atoms with Crippen LogP contribution >= 0.6 is 11.6 Å². The van der Waals surface area contributed by atoms with Crippen LogP contribution < -0.4 is 0 Å². The lowest BCUT2D eigenvalue weighted by molar-refractivity contribution is 0.0761. The van der Waals surface area contributed by atoms with E-state index in [1.165, 1.54) is 0 Å². The molecule has 1 fully saturated rings. The lowest BCUT2D eigenvalue weighted by Gasteiger charge is -2.22. The molecule has 1 aromatic heterocycles. The smallest absolute Gasteiger partial charge is 0.253 e. The molecule has 2 aromatic rings. The van der Waals surface area contributed by atoms with Crippen LogP contribution in [-0.4, -0.2) is 51.4 Å². The second-order valence-electron chi connectivity index (χ2n) is 5.84. The van der Waals surface area contributed by atoms with E-state index in [0.29, 0.717) is 5.15 Å². The molecule has 122 valence electrons. The van der Waals surface area contributed by atoms with E-state index in [-0.39, 0.29) is 5.91 Å². The van der Waals surface area contributed by atoms with Crippen molar-refractivity contribution in [2.24, 2.45) is 7.05 Å². The maximum atomic E-state index is 12.5. The summed E-state index contributed by atoms with van der Waals surface area (Å²) in [7, 11) is 1.92. The average molecular weight is 333 g/mol. The first-order valence-corrected chi connectivity index (χ1v) is 8.25. The third-order valence-corrected chi connectivity index (χ3v) is 4.64. The molecule has 3 rings (SSSR count). The van der Waals surface area contributed by atoms with Gasteiger partial charge < -0.3 is 9.47 Å². The van der Waals surface area contributed by atoms with Crippen LogP contribution in [0, 0.1) is 0 Å². The molecule has 0 atom stereocenters. The fourth-order valence-corrected chi connectivity index (χ4v) is 3.01. The van der Waals surface area contributed by atoms with Gasteiger partial charge in [0.1, 0.15) is 11.0 Å². The molecule has 2 heterocycles. The first-order chi connectivity index (χ1) is 11.1. The quantitative estimate of drug-likeness (QED) is 0.866. The Morgan fingerprint density at radius 2 is 1.96 bits per heavy atom. The van der Waals surface area contributed by atoms with E-state index in [0.717, 1.165) is 50.5 Å². The highest BCUT2D eigenvalue weighted by Gasteiger charge is 2.21. The van der Waals surface area contributed by atoms with E-state index >= 15 is 0 Å². The average Bonchev–Trinajstić information content (AvgIpc) is 2.79. The Kier molecular flexibility index (Phi) is 4.98. The van der Waals surface area contributed by atoms with Gasteiger partial charge in [-0.3, -0.25) is 9.69 Å². The minimum atomic E-state index is 0.118. The monoisotopic (exact) mass is 332 g/mol. The second-order valence-corrected chi connectivity index (χ2v) is 6.23. The van der Waals surface area contributed by atoms with Crippen molar-refractivity contribution in [2.45, 2.75) is 13.0 Å². The van der Waals surface area contributed by atoms with Gasteiger partial charge in [0.25, 0.3) is 5.91 Å². The number of carbonyl (C=O) groups excluding carboxylic acids is 1. The van der Waals surface area contributed by atoms with Gasteiger partial charge in [-0.1, -0.05) is 29.8 Å². The van der Waals surface area contributed by atoms with Gasteiger partial charge in [-0.05, 0) is 18.6 Å². The van der Waals surface area contributed by atoms with Crippen molar-refractivity contribution in [3.63, 3.8) is 0 Å². The molecule has 23 heavy (non-hydrogen) atoms. The Balaban J connectivity index is 1.61. The summed E-state index contributed by atoms with van der Waals surface area (Å²) in [6.07, 6.45) is 2.65. The molecule has 0 spiro atoms. The van der Waals surface area contributed by atoms with Crippen LogP contribution in [0.3, 0.4) is 0 Å². The molecule has 0 radical (unpaired) electrons. The normalized spacial score (nSPS) is 16.3. The summed E-state index contributed by atoms with van der Waals surface area (Å²) in [4.78, 5) is 21.2. The van der Waals surface area contributed by atoms with E-state index in [2.05, 4.69) is 9.88 Å². The molecule has 1 saturated heterocycles. The van der Waals surface area contributed by atoms with E-state index in [1.807, 2.05) is 46.8 Å². The first-order valence-electron chi connectivity index (χ1n) is 7.88. The fraction of sp³-hybridized carbons (Fsp3) is 0.412. The number of rotatable bonds is 3. The van der Waals surface area contributed by atoms with Gasteiger partial charge in [-0.15, -0.1) is 0 Å². The molecule has 0 unspecified atom stereocenters. The molecule has 0 N–H and O–H groups in total. The predicted molar refractivity (Wildman–Crippen MR) is 90.5 cm³/mol. The summed E-state index contributed by atoms with van der Waals surface area (Å²) >= 11 is 6.04. The molecular weight excluding hydrogens is 312 g/mol. The van der Waals surface area contributed by atoms with E-state index in [1.54, 1.807) is 6.20 Å². The molecule has 6 heteroatoms. The summed E-state index contributed by atoms with van der Waals surface area (Å²) in [5, 5.41) is 0.649. The zero-order valence-electron chi connectivity index (χ0n) is 13.3. The largest absolute Gasteiger partial charge is 0.337 e. The summed E-state index contributed by atoms with van der Waals surface area (Å²) < 4.78 is 1.90. The molecule has 0 saturated carbocycles. The number of amides is 1. The predicted octanol–water partition coefficient (Wildman–Crippen LogP) is 2.42. The topological polar surface area (TPSA) is 41.4 Å². The number of halogens is 1. The molecule has 1 aromatic carbocycles. The van der Waals surface area contributed by atoms with E-state index in [9.17, 15) is 4.79 Å². The second kappa shape index (κ2) is 7.15. The van der Waals surface area contributed by atoms with Crippen molar-refractivity contribution in [1.29, 1.82) is 0 Å². The summed E-state index contributed by atoms with van der Waals surface area (Å²) in [6, 6.07) is 9.49.